The molecule has 0 fully saturated rings. The minimum atomic E-state index is -0.230. The van der Waals surface area contributed by atoms with Crippen molar-refractivity contribution in [2.45, 2.75) is 19.4 Å². The molecule has 94 valence electrons. The van der Waals surface area contributed by atoms with Gasteiger partial charge in [-0.1, -0.05) is 18.2 Å². The van der Waals surface area contributed by atoms with Crippen LogP contribution in [-0.4, -0.2) is 9.97 Å². The van der Waals surface area contributed by atoms with E-state index in [4.69, 9.17) is 15.7 Å². The van der Waals surface area contributed by atoms with Crippen LogP contribution in [0, 0.1) is 18.3 Å². The van der Waals surface area contributed by atoms with Crippen molar-refractivity contribution in [1.82, 2.24) is 9.97 Å². The van der Waals surface area contributed by atoms with Gasteiger partial charge in [-0.05, 0) is 18.6 Å². The summed E-state index contributed by atoms with van der Waals surface area (Å²) in [6.07, 6.45) is 0.493. The van der Waals surface area contributed by atoms with Crippen LogP contribution in [0.3, 0.4) is 0 Å². The van der Waals surface area contributed by atoms with E-state index < -0.39 is 0 Å². The van der Waals surface area contributed by atoms with Gasteiger partial charge in [-0.3, -0.25) is 0 Å². The van der Waals surface area contributed by atoms with E-state index in [1.807, 2.05) is 30.3 Å². The third-order valence-electron chi connectivity index (χ3n) is 3.18. The van der Waals surface area contributed by atoms with E-state index in [0.29, 0.717) is 17.1 Å². The Bertz CT molecular complexity index is 642. The van der Waals surface area contributed by atoms with E-state index in [0.717, 1.165) is 17.7 Å². The third kappa shape index (κ3) is 1.87. The fourth-order valence-electron chi connectivity index (χ4n) is 2.23. The molecular weight excluding hydrogens is 240 g/mol. The van der Waals surface area contributed by atoms with Gasteiger partial charge in [-0.15, -0.1) is 0 Å². The number of hydrogen-bond acceptors (Lipinski definition) is 5. The maximum Gasteiger partial charge on any atom is 0.172 e. The summed E-state index contributed by atoms with van der Waals surface area (Å²) in [7, 11) is 0. The van der Waals surface area contributed by atoms with Crippen LogP contribution in [0.1, 0.15) is 28.7 Å². The molecule has 0 saturated heterocycles. The smallest absolute Gasteiger partial charge is 0.172 e. The number of rotatable bonds is 1. The Kier molecular flexibility index (Phi) is 2.57. The number of ether oxygens (including phenoxy) is 1. The molecule has 2 heterocycles. The van der Waals surface area contributed by atoms with Crippen LogP contribution in [-0.2, 0) is 6.42 Å². The molecule has 1 aliphatic heterocycles. The summed E-state index contributed by atoms with van der Waals surface area (Å²) in [5.41, 5.74) is 7.83. The van der Waals surface area contributed by atoms with Crippen LogP contribution in [0.4, 0.5) is 5.82 Å². The highest BCUT2D eigenvalue weighted by atomic mass is 16.5. The fourth-order valence-corrected chi connectivity index (χ4v) is 2.23. The number of nitrogen functional groups attached to an aromatic ring is 1. The topological polar surface area (TPSA) is 84.8 Å². The van der Waals surface area contributed by atoms with Crippen LogP contribution in [0.2, 0.25) is 0 Å². The van der Waals surface area contributed by atoms with Crippen molar-refractivity contribution < 1.29 is 4.74 Å². The Morgan fingerprint density at radius 1 is 1.37 bits per heavy atom. The minimum absolute atomic E-state index is 0.213. The molecule has 1 atom stereocenters. The third-order valence-corrected chi connectivity index (χ3v) is 3.18. The number of hydrogen-bond donors (Lipinski definition) is 1. The predicted molar refractivity (Wildman–Crippen MR) is 69.4 cm³/mol. The van der Waals surface area contributed by atoms with Gasteiger partial charge in [0, 0.05) is 6.42 Å². The second-order valence-electron chi connectivity index (χ2n) is 4.46. The summed E-state index contributed by atoms with van der Waals surface area (Å²) in [5, 5.41) is 8.96. The standard InChI is InChI=1S/C14H12N4O/c1-8-10(7-15)13(16)18-14(17-8)12-6-9-4-2-3-5-11(9)19-12/h2-5,12H,6H2,1H3,(H2,16,17,18). The molecule has 0 bridgehead atoms. The molecule has 1 aromatic carbocycles. The van der Waals surface area contributed by atoms with Crippen LogP contribution >= 0.6 is 0 Å². The molecule has 19 heavy (non-hydrogen) atoms. The maximum absolute atomic E-state index is 8.96. The van der Waals surface area contributed by atoms with Crippen molar-refractivity contribution in [1.29, 1.82) is 5.26 Å². The van der Waals surface area contributed by atoms with E-state index in [1.54, 1.807) is 6.92 Å². The first-order valence-corrected chi connectivity index (χ1v) is 5.97. The van der Waals surface area contributed by atoms with E-state index in [9.17, 15) is 0 Å². The fraction of sp³-hybridized carbons (Fsp3) is 0.214. The van der Waals surface area contributed by atoms with Crippen molar-refractivity contribution in [3.05, 3.63) is 46.9 Å². The first-order valence-electron chi connectivity index (χ1n) is 5.97. The molecule has 0 amide bonds. The Labute approximate surface area is 110 Å². The SMILES string of the molecule is Cc1nc(C2Cc3ccccc3O2)nc(N)c1C#N. The van der Waals surface area contributed by atoms with E-state index >= 15 is 0 Å². The van der Waals surface area contributed by atoms with Crippen LogP contribution in [0.15, 0.2) is 24.3 Å². The molecule has 1 unspecified atom stereocenters. The lowest BCUT2D eigenvalue weighted by atomic mass is 10.1. The van der Waals surface area contributed by atoms with Crippen molar-refractivity contribution in [2.75, 3.05) is 5.73 Å². The monoisotopic (exact) mass is 252 g/mol. The number of aromatic nitrogens is 2. The second-order valence-corrected chi connectivity index (χ2v) is 4.46. The van der Waals surface area contributed by atoms with Gasteiger partial charge in [-0.2, -0.15) is 5.26 Å². The Morgan fingerprint density at radius 2 is 2.16 bits per heavy atom. The number of nitrogens with zero attached hydrogens (tertiary/aromatic N) is 3. The predicted octanol–water partition coefficient (Wildman–Crippen LogP) is 1.92. The first kappa shape index (κ1) is 11.5. The number of anilines is 1. The molecule has 2 aromatic rings. The van der Waals surface area contributed by atoms with Crippen LogP contribution in [0.5, 0.6) is 5.75 Å². The number of nitriles is 1. The van der Waals surface area contributed by atoms with Crippen molar-refractivity contribution in [3.8, 4) is 11.8 Å². The minimum Gasteiger partial charge on any atom is -0.482 e. The van der Waals surface area contributed by atoms with Crippen LogP contribution in [0.25, 0.3) is 0 Å². The normalized spacial score (nSPS) is 16.5. The largest absolute Gasteiger partial charge is 0.482 e. The Hall–Kier alpha value is -2.61. The number of aryl methyl sites for hydroxylation is 1. The summed E-state index contributed by atoms with van der Waals surface area (Å²) < 4.78 is 5.81. The molecule has 0 spiro atoms. The zero-order valence-corrected chi connectivity index (χ0v) is 10.4. The first-order chi connectivity index (χ1) is 9.19. The highest BCUT2D eigenvalue weighted by Crippen LogP contribution is 2.35. The summed E-state index contributed by atoms with van der Waals surface area (Å²) in [6.45, 7) is 1.75. The summed E-state index contributed by atoms with van der Waals surface area (Å²) in [4.78, 5) is 8.52. The van der Waals surface area contributed by atoms with Gasteiger partial charge in [-0.25, -0.2) is 9.97 Å². The highest BCUT2D eigenvalue weighted by molar-refractivity contribution is 5.51. The van der Waals surface area contributed by atoms with Crippen molar-refractivity contribution in [2.24, 2.45) is 0 Å². The molecule has 0 radical (unpaired) electrons. The molecule has 0 saturated carbocycles. The number of nitrogens with two attached hydrogens (primary N) is 1. The molecule has 5 heteroatoms. The van der Waals surface area contributed by atoms with Gasteiger partial charge >= 0.3 is 0 Å². The summed E-state index contributed by atoms with van der Waals surface area (Å²) >= 11 is 0. The summed E-state index contributed by atoms with van der Waals surface area (Å²) in [6, 6.07) is 9.86. The molecular formula is C14H12N4O. The van der Waals surface area contributed by atoms with Gasteiger partial charge in [0.25, 0.3) is 0 Å². The highest BCUT2D eigenvalue weighted by Gasteiger charge is 2.27. The number of benzene rings is 1. The van der Waals surface area contributed by atoms with Gasteiger partial charge in [0.1, 0.15) is 23.2 Å². The van der Waals surface area contributed by atoms with E-state index in [2.05, 4.69) is 9.97 Å². The van der Waals surface area contributed by atoms with Crippen LogP contribution < -0.4 is 10.5 Å². The van der Waals surface area contributed by atoms with Gasteiger partial charge in [0.05, 0.1) is 5.69 Å². The van der Waals surface area contributed by atoms with Gasteiger partial charge < -0.3 is 10.5 Å². The number of fused-ring (bicyclic) bond motifs is 1. The molecule has 3 rings (SSSR count). The quantitative estimate of drug-likeness (QED) is 0.838. The van der Waals surface area contributed by atoms with E-state index in [1.165, 1.54) is 0 Å². The summed E-state index contributed by atoms with van der Waals surface area (Å²) in [5.74, 6) is 1.60. The zero-order valence-electron chi connectivity index (χ0n) is 10.4. The molecule has 2 N–H and O–H groups in total. The molecule has 1 aromatic heterocycles. The Balaban J connectivity index is 1.96. The molecule has 1 aliphatic rings. The van der Waals surface area contributed by atoms with Crippen molar-refractivity contribution >= 4 is 5.82 Å². The number of para-hydroxylation sites is 1. The van der Waals surface area contributed by atoms with Crippen molar-refractivity contribution in [3.63, 3.8) is 0 Å². The van der Waals surface area contributed by atoms with Gasteiger partial charge in [0.15, 0.2) is 11.9 Å². The average molecular weight is 252 g/mol. The molecule has 5 nitrogen and oxygen atoms in total. The Morgan fingerprint density at radius 3 is 2.84 bits per heavy atom. The van der Waals surface area contributed by atoms with Gasteiger partial charge in [0.2, 0.25) is 0 Å². The van der Waals surface area contributed by atoms with E-state index in [-0.39, 0.29) is 11.9 Å². The molecule has 0 aliphatic carbocycles. The second kappa shape index (κ2) is 4.25. The lowest BCUT2D eigenvalue weighted by Gasteiger charge is -2.11. The lowest BCUT2D eigenvalue weighted by molar-refractivity contribution is 0.227. The zero-order chi connectivity index (χ0) is 13.4. The maximum atomic E-state index is 8.96. The lowest BCUT2D eigenvalue weighted by Crippen LogP contribution is -2.12. The average Bonchev–Trinajstić information content (AvgIpc) is 2.82.